The lowest BCUT2D eigenvalue weighted by atomic mass is 10.1. The number of rotatable bonds is 6. The first-order valence-corrected chi connectivity index (χ1v) is 7.62. The summed E-state index contributed by atoms with van der Waals surface area (Å²) in [5.41, 5.74) is -0.506. The standard InChI is InChI=1S/C17H19NO5/c1-3-5-6-15(19)22-12-8-7-11-9-13(16(20)18-4-2)17(21)23-14(11)10-12/h7-10H,3-6H2,1-2H3,(H,18,20). The summed E-state index contributed by atoms with van der Waals surface area (Å²) in [4.78, 5) is 35.3. The van der Waals surface area contributed by atoms with Crippen LogP contribution in [0.5, 0.6) is 5.75 Å². The topological polar surface area (TPSA) is 85.6 Å². The summed E-state index contributed by atoms with van der Waals surface area (Å²) in [5.74, 6) is -0.488. The molecular weight excluding hydrogens is 298 g/mol. The van der Waals surface area contributed by atoms with Crippen LogP contribution in [-0.2, 0) is 4.79 Å². The Morgan fingerprint density at radius 3 is 2.70 bits per heavy atom. The Hall–Kier alpha value is -2.63. The number of fused-ring (bicyclic) bond motifs is 1. The number of esters is 1. The molecule has 6 nitrogen and oxygen atoms in total. The van der Waals surface area contributed by atoms with Crippen molar-refractivity contribution in [1.29, 1.82) is 0 Å². The van der Waals surface area contributed by atoms with Crippen molar-refractivity contribution in [2.45, 2.75) is 33.1 Å². The molecule has 0 aliphatic carbocycles. The minimum atomic E-state index is -0.724. The molecule has 0 aliphatic heterocycles. The number of amides is 1. The first-order chi connectivity index (χ1) is 11.0. The number of hydrogen-bond acceptors (Lipinski definition) is 5. The van der Waals surface area contributed by atoms with Crippen molar-refractivity contribution in [3.8, 4) is 5.75 Å². The number of hydrogen-bond donors (Lipinski definition) is 1. The predicted molar refractivity (Wildman–Crippen MR) is 85.7 cm³/mol. The number of nitrogens with one attached hydrogen (secondary N) is 1. The maximum absolute atomic E-state index is 11.9. The van der Waals surface area contributed by atoms with Gasteiger partial charge in [-0.05, 0) is 31.5 Å². The molecule has 23 heavy (non-hydrogen) atoms. The van der Waals surface area contributed by atoms with E-state index in [1.807, 2.05) is 6.92 Å². The lowest BCUT2D eigenvalue weighted by Gasteiger charge is -2.06. The Labute approximate surface area is 133 Å². The Morgan fingerprint density at radius 1 is 1.22 bits per heavy atom. The van der Waals surface area contributed by atoms with Crippen molar-refractivity contribution in [1.82, 2.24) is 5.32 Å². The highest BCUT2D eigenvalue weighted by Gasteiger charge is 2.13. The summed E-state index contributed by atoms with van der Waals surface area (Å²) in [6.07, 6.45) is 2.01. The fraction of sp³-hybridized carbons (Fsp3) is 0.353. The van der Waals surface area contributed by atoms with Gasteiger partial charge < -0.3 is 14.5 Å². The molecule has 2 aromatic rings. The molecular formula is C17H19NO5. The Bertz CT molecular complexity index is 778. The van der Waals surface area contributed by atoms with Crippen LogP contribution in [0.4, 0.5) is 0 Å². The van der Waals surface area contributed by atoms with Gasteiger partial charge in [0, 0.05) is 24.4 Å². The smallest absolute Gasteiger partial charge is 0.349 e. The van der Waals surface area contributed by atoms with Crippen molar-refractivity contribution < 1.29 is 18.7 Å². The molecule has 0 saturated heterocycles. The minimum Gasteiger partial charge on any atom is -0.426 e. The minimum absolute atomic E-state index is 0.0490. The Morgan fingerprint density at radius 2 is 2.00 bits per heavy atom. The quantitative estimate of drug-likeness (QED) is 0.503. The fourth-order valence-electron chi connectivity index (χ4n) is 2.07. The molecule has 1 heterocycles. The van der Waals surface area contributed by atoms with Gasteiger partial charge in [0.25, 0.3) is 5.91 Å². The average Bonchev–Trinajstić information content (AvgIpc) is 2.52. The van der Waals surface area contributed by atoms with Crippen LogP contribution in [-0.4, -0.2) is 18.4 Å². The maximum atomic E-state index is 11.9. The fourth-order valence-corrected chi connectivity index (χ4v) is 2.07. The van der Waals surface area contributed by atoms with E-state index in [0.29, 0.717) is 24.1 Å². The lowest BCUT2D eigenvalue weighted by Crippen LogP contribution is -2.27. The van der Waals surface area contributed by atoms with E-state index in [-0.39, 0.29) is 17.1 Å². The van der Waals surface area contributed by atoms with E-state index in [9.17, 15) is 14.4 Å². The molecule has 0 atom stereocenters. The van der Waals surface area contributed by atoms with Gasteiger partial charge in [-0.25, -0.2) is 4.79 Å². The van der Waals surface area contributed by atoms with Gasteiger partial charge in [0.1, 0.15) is 16.9 Å². The molecule has 2 rings (SSSR count). The molecule has 1 aromatic carbocycles. The van der Waals surface area contributed by atoms with Gasteiger partial charge in [0.05, 0.1) is 0 Å². The summed E-state index contributed by atoms with van der Waals surface area (Å²) >= 11 is 0. The van der Waals surface area contributed by atoms with Gasteiger partial charge >= 0.3 is 11.6 Å². The van der Waals surface area contributed by atoms with Crippen LogP contribution >= 0.6 is 0 Å². The highest BCUT2D eigenvalue weighted by atomic mass is 16.5. The van der Waals surface area contributed by atoms with E-state index < -0.39 is 11.5 Å². The maximum Gasteiger partial charge on any atom is 0.349 e. The Balaban J connectivity index is 2.27. The van der Waals surface area contributed by atoms with E-state index >= 15 is 0 Å². The van der Waals surface area contributed by atoms with Crippen molar-refractivity contribution in [3.05, 3.63) is 40.2 Å². The average molecular weight is 317 g/mol. The van der Waals surface area contributed by atoms with E-state index in [4.69, 9.17) is 9.15 Å². The second kappa shape index (κ2) is 7.58. The van der Waals surface area contributed by atoms with Crippen LogP contribution in [0.2, 0.25) is 0 Å². The van der Waals surface area contributed by atoms with Crippen molar-refractivity contribution in [3.63, 3.8) is 0 Å². The molecule has 0 spiro atoms. The molecule has 0 radical (unpaired) electrons. The van der Waals surface area contributed by atoms with Crippen LogP contribution in [0, 0.1) is 0 Å². The van der Waals surface area contributed by atoms with E-state index in [0.717, 1.165) is 12.8 Å². The molecule has 6 heteroatoms. The highest BCUT2D eigenvalue weighted by molar-refractivity contribution is 5.96. The molecule has 0 aliphatic rings. The summed E-state index contributed by atoms with van der Waals surface area (Å²) < 4.78 is 10.4. The first-order valence-electron chi connectivity index (χ1n) is 7.62. The van der Waals surface area contributed by atoms with E-state index in [2.05, 4.69) is 5.32 Å². The van der Waals surface area contributed by atoms with Crippen LogP contribution in [0.3, 0.4) is 0 Å². The SMILES string of the molecule is CCCCC(=O)Oc1ccc2cc(C(=O)NCC)c(=O)oc2c1. The molecule has 1 aromatic heterocycles. The third-order valence-electron chi connectivity index (χ3n) is 3.26. The van der Waals surface area contributed by atoms with Gasteiger partial charge in [-0.1, -0.05) is 13.3 Å². The number of benzene rings is 1. The largest absolute Gasteiger partial charge is 0.426 e. The molecule has 0 bridgehead atoms. The first kappa shape index (κ1) is 16.7. The van der Waals surface area contributed by atoms with Crippen LogP contribution in [0.25, 0.3) is 11.0 Å². The van der Waals surface area contributed by atoms with Gasteiger partial charge in [0.2, 0.25) is 0 Å². The normalized spacial score (nSPS) is 10.5. The summed E-state index contributed by atoms with van der Waals surface area (Å²) in [5, 5.41) is 3.14. The summed E-state index contributed by atoms with van der Waals surface area (Å²) in [7, 11) is 0. The zero-order valence-electron chi connectivity index (χ0n) is 13.2. The van der Waals surface area contributed by atoms with Crippen molar-refractivity contribution >= 4 is 22.8 Å². The van der Waals surface area contributed by atoms with Crippen molar-refractivity contribution in [2.75, 3.05) is 6.54 Å². The summed E-state index contributed by atoms with van der Waals surface area (Å²) in [6, 6.07) is 6.19. The Kier molecular flexibility index (Phi) is 5.51. The third-order valence-corrected chi connectivity index (χ3v) is 3.26. The molecule has 0 unspecified atom stereocenters. The van der Waals surface area contributed by atoms with Gasteiger partial charge in [-0.3, -0.25) is 9.59 Å². The predicted octanol–water partition coefficient (Wildman–Crippen LogP) is 2.64. The number of unbranched alkanes of at least 4 members (excludes halogenated alkanes) is 1. The zero-order chi connectivity index (χ0) is 16.8. The second-order valence-electron chi connectivity index (χ2n) is 5.08. The van der Waals surface area contributed by atoms with Gasteiger partial charge in [-0.15, -0.1) is 0 Å². The molecule has 0 fully saturated rings. The molecule has 0 saturated carbocycles. The monoisotopic (exact) mass is 317 g/mol. The van der Waals surface area contributed by atoms with E-state index in [1.54, 1.807) is 19.1 Å². The number of carbonyl (C=O) groups excluding carboxylic acids is 2. The lowest BCUT2D eigenvalue weighted by molar-refractivity contribution is -0.134. The van der Waals surface area contributed by atoms with Crippen LogP contribution in [0.15, 0.2) is 33.5 Å². The van der Waals surface area contributed by atoms with Crippen molar-refractivity contribution in [2.24, 2.45) is 0 Å². The molecule has 1 amide bonds. The number of carbonyl (C=O) groups is 2. The van der Waals surface area contributed by atoms with Crippen LogP contribution in [0.1, 0.15) is 43.5 Å². The summed E-state index contributed by atoms with van der Waals surface area (Å²) in [6.45, 7) is 4.17. The highest BCUT2D eigenvalue weighted by Crippen LogP contribution is 2.21. The molecule has 1 N–H and O–H groups in total. The van der Waals surface area contributed by atoms with Gasteiger partial charge in [-0.2, -0.15) is 0 Å². The van der Waals surface area contributed by atoms with Crippen LogP contribution < -0.4 is 15.7 Å². The second-order valence-corrected chi connectivity index (χ2v) is 5.08. The number of ether oxygens (including phenoxy) is 1. The molecule has 122 valence electrons. The third kappa shape index (κ3) is 4.18. The van der Waals surface area contributed by atoms with Gasteiger partial charge in [0.15, 0.2) is 0 Å². The van der Waals surface area contributed by atoms with E-state index in [1.165, 1.54) is 12.1 Å². The zero-order valence-corrected chi connectivity index (χ0v) is 13.2.